The van der Waals surface area contributed by atoms with Gasteiger partial charge < -0.3 is 9.15 Å². The molecule has 5 aromatic rings. The second-order valence-corrected chi connectivity index (χ2v) is 9.72. The Balaban J connectivity index is 1.55. The molecule has 0 aliphatic carbocycles. The number of methoxy groups -OCH3 is 1. The topological polar surface area (TPSA) is 76.7 Å². The molecule has 2 heterocycles. The second kappa shape index (κ2) is 10.3. The maximum absolute atomic E-state index is 13.4. The van der Waals surface area contributed by atoms with E-state index in [0.29, 0.717) is 42.6 Å². The normalized spacial score (nSPS) is 11.6. The third-order valence-electron chi connectivity index (χ3n) is 5.18. The van der Waals surface area contributed by atoms with Crippen LogP contribution in [-0.2, 0) is 0 Å². The zero-order valence-electron chi connectivity index (χ0n) is 18.6. The zero-order chi connectivity index (χ0) is 25.2. The molecule has 0 aliphatic heterocycles. The molecule has 0 spiro atoms. The van der Waals surface area contributed by atoms with Crippen molar-refractivity contribution in [1.29, 1.82) is 0 Å². The van der Waals surface area contributed by atoms with E-state index in [-0.39, 0.29) is 11.1 Å². The highest BCUT2D eigenvalue weighted by molar-refractivity contribution is 7.14. The van der Waals surface area contributed by atoms with Gasteiger partial charge in [-0.25, -0.2) is 9.98 Å². The molecule has 0 fully saturated rings. The number of aromatic nitrogens is 1. The van der Waals surface area contributed by atoms with Gasteiger partial charge in [-0.1, -0.05) is 46.9 Å². The minimum atomic E-state index is -0.444. The molecule has 0 bridgehead atoms. The molecule has 6 nitrogen and oxygen atoms in total. The van der Waals surface area contributed by atoms with Crippen LogP contribution in [0.1, 0.15) is 10.4 Å². The van der Waals surface area contributed by atoms with Crippen molar-refractivity contribution >= 4 is 73.8 Å². The lowest BCUT2D eigenvalue weighted by molar-refractivity contribution is 0.102. The Bertz CT molecular complexity index is 1650. The van der Waals surface area contributed by atoms with Gasteiger partial charge in [0.15, 0.2) is 10.7 Å². The molecule has 0 atom stereocenters. The molecular formula is C26H16Cl3N3O3S. The van der Waals surface area contributed by atoms with Crippen molar-refractivity contribution in [2.24, 2.45) is 4.99 Å². The fourth-order valence-corrected chi connectivity index (χ4v) is 4.82. The fourth-order valence-electron chi connectivity index (χ4n) is 3.43. The molecule has 0 saturated heterocycles. The first-order valence-electron chi connectivity index (χ1n) is 10.5. The lowest BCUT2D eigenvalue weighted by Gasteiger charge is -2.07. The number of amides is 1. The van der Waals surface area contributed by atoms with Crippen molar-refractivity contribution in [1.82, 2.24) is 4.98 Å². The van der Waals surface area contributed by atoms with E-state index < -0.39 is 5.91 Å². The van der Waals surface area contributed by atoms with E-state index in [1.165, 1.54) is 11.3 Å². The monoisotopic (exact) mass is 555 g/mol. The molecule has 0 radical (unpaired) electrons. The van der Waals surface area contributed by atoms with E-state index in [2.05, 4.69) is 15.3 Å². The highest BCUT2D eigenvalue weighted by Crippen LogP contribution is 2.29. The lowest BCUT2D eigenvalue weighted by Crippen LogP contribution is -2.21. The molecule has 1 N–H and O–H groups in total. The summed E-state index contributed by atoms with van der Waals surface area (Å²) in [7, 11) is 1.58. The van der Waals surface area contributed by atoms with Gasteiger partial charge in [0.25, 0.3) is 5.91 Å². The summed E-state index contributed by atoms with van der Waals surface area (Å²) in [6.07, 6.45) is 0. The van der Waals surface area contributed by atoms with Gasteiger partial charge in [-0.05, 0) is 54.6 Å². The van der Waals surface area contributed by atoms with E-state index in [1.807, 2.05) is 17.5 Å². The number of nitrogens with one attached hydrogen (secondary N) is 1. The number of carbonyl (C=O) groups is 1. The van der Waals surface area contributed by atoms with Crippen molar-refractivity contribution < 1.29 is 13.9 Å². The number of nitrogens with zero attached hydrogens (tertiary/aromatic N) is 2. The van der Waals surface area contributed by atoms with Gasteiger partial charge in [-0.3, -0.25) is 10.1 Å². The molecule has 10 heteroatoms. The summed E-state index contributed by atoms with van der Waals surface area (Å²) in [6, 6.07) is 19.2. The predicted molar refractivity (Wildman–Crippen MR) is 145 cm³/mol. The van der Waals surface area contributed by atoms with Crippen LogP contribution < -0.4 is 15.6 Å². The van der Waals surface area contributed by atoms with Gasteiger partial charge in [0, 0.05) is 26.4 Å². The van der Waals surface area contributed by atoms with Gasteiger partial charge in [-0.15, -0.1) is 11.3 Å². The number of halogens is 3. The summed E-state index contributed by atoms with van der Waals surface area (Å²) in [5.41, 5.74) is 2.82. The smallest absolute Gasteiger partial charge is 0.262 e. The average Bonchev–Trinajstić information content (AvgIpc) is 3.33. The van der Waals surface area contributed by atoms with Gasteiger partial charge in [0.1, 0.15) is 11.3 Å². The molecule has 0 unspecified atom stereocenters. The Kier molecular flexibility index (Phi) is 6.98. The van der Waals surface area contributed by atoms with Crippen LogP contribution in [-0.4, -0.2) is 18.0 Å². The lowest BCUT2D eigenvalue weighted by atomic mass is 10.1. The van der Waals surface area contributed by atoms with Gasteiger partial charge in [0.05, 0.1) is 23.5 Å². The fraction of sp³-hybridized carbons (Fsp3) is 0.0385. The molecule has 0 aliphatic rings. The maximum Gasteiger partial charge on any atom is 0.262 e. The van der Waals surface area contributed by atoms with E-state index in [1.54, 1.807) is 61.7 Å². The summed E-state index contributed by atoms with van der Waals surface area (Å²) in [4.78, 5) is 22.4. The number of hydrogen-bond donors (Lipinski definition) is 1. The van der Waals surface area contributed by atoms with E-state index in [4.69, 9.17) is 44.0 Å². The summed E-state index contributed by atoms with van der Waals surface area (Å²) in [5.74, 6) is 0.237. The predicted octanol–water partition coefficient (Wildman–Crippen LogP) is 8.01. The zero-order valence-corrected chi connectivity index (χ0v) is 21.7. The minimum absolute atomic E-state index is 0.0869. The Hall–Kier alpha value is -3.36. The second-order valence-electron chi connectivity index (χ2n) is 7.58. The molecule has 36 heavy (non-hydrogen) atoms. The molecule has 180 valence electrons. The summed E-state index contributed by atoms with van der Waals surface area (Å²) in [6.45, 7) is 0. The van der Waals surface area contributed by atoms with Crippen molar-refractivity contribution in [3.63, 3.8) is 0 Å². The van der Waals surface area contributed by atoms with Crippen molar-refractivity contribution in [3.05, 3.63) is 98.3 Å². The van der Waals surface area contributed by atoms with E-state index in [0.717, 1.165) is 11.3 Å². The molecule has 5 rings (SSSR count). The van der Waals surface area contributed by atoms with Crippen LogP contribution in [0.4, 0.5) is 10.8 Å². The van der Waals surface area contributed by atoms with Crippen LogP contribution >= 0.6 is 46.1 Å². The van der Waals surface area contributed by atoms with Crippen LogP contribution in [0, 0.1) is 0 Å². The number of benzene rings is 3. The number of carbonyl (C=O) groups excluding carboxylic acids is 1. The highest BCUT2D eigenvalue weighted by atomic mass is 35.5. The molecule has 2 aromatic heterocycles. The number of hydrogen-bond acceptors (Lipinski definition) is 6. The highest BCUT2D eigenvalue weighted by Gasteiger charge is 2.17. The largest absolute Gasteiger partial charge is 0.497 e. The third kappa shape index (κ3) is 5.24. The Labute approximate surface area is 224 Å². The first-order chi connectivity index (χ1) is 17.4. The number of thiazole rings is 1. The maximum atomic E-state index is 13.4. The molecule has 3 aromatic carbocycles. The quantitative estimate of drug-likeness (QED) is 0.238. The van der Waals surface area contributed by atoms with Gasteiger partial charge in [-0.2, -0.15) is 0 Å². The van der Waals surface area contributed by atoms with Crippen LogP contribution in [0.5, 0.6) is 5.75 Å². The average molecular weight is 557 g/mol. The SMILES string of the molecule is COc1ccc(N=c2oc3c(Cl)cc(Cl)cc3cc2C(=O)Nc2nc(-c3ccc(Cl)cc3)cs2)cc1. The Morgan fingerprint density at radius 2 is 1.75 bits per heavy atom. The molecule has 0 saturated carbocycles. The summed E-state index contributed by atoms with van der Waals surface area (Å²) in [5, 5.41) is 7.03. The van der Waals surface area contributed by atoms with Crippen LogP contribution in [0.3, 0.4) is 0 Å². The molecular weight excluding hydrogens is 541 g/mol. The van der Waals surface area contributed by atoms with E-state index >= 15 is 0 Å². The third-order valence-corrected chi connectivity index (χ3v) is 6.69. The Morgan fingerprint density at radius 3 is 2.47 bits per heavy atom. The van der Waals surface area contributed by atoms with Crippen LogP contribution in [0.25, 0.3) is 22.2 Å². The standard InChI is InChI=1S/C26H16Cl3N3O3S/c1-34-19-8-6-18(7-9-19)30-25-20(11-15-10-17(28)12-21(29)23(15)35-25)24(33)32-26-31-22(13-36-26)14-2-4-16(27)5-3-14/h2-13H,1H3,(H,31,32,33). The van der Waals surface area contributed by atoms with Crippen molar-refractivity contribution in [3.8, 4) is 17.0 Å². The van der Waals surface area contributed by atoms with Crippen LogP contribution in [0.2, 0.25) is 15.1 Å². The Morgan fingerprint density at radius 1 is 1.00 bits per heavy atom. The summed E-state index contributed by atoms with van der Waals surface area (Å²) < 4.78 is 11.2. The van der Waals surface area contributed by atoms with Crippen molar-refractivity contribution in [2.45, 2.75) is 0 Å². The summed E-state index contributed by atoms with van der Waals surface area (Å²) >= 11 is 19.8. The van der Waals surface area contributed by atoms with Crippen molar-refractivity contribution in [2.75, 3.05) is 12.4 Å². The number of ether oxygens (including phenoxy) is 1. The van der Waals surface area contributed by atoms with E-state index in [9.17, 15) is 4.79 Å². The minimum Gasteiger partial charge on any atom is -0.497 e. The first-order valence-corrected chi connectivity index (χ1v) is 12.6. The number of rotatable bonds is 5. The molecule has 1 amide bonds. The van der Waals surface area contributed by atoms with Gasteiger partial charge >= 0.3 is 0 Å². The van der Waals surface area contributed by atoms with Crippen LogP contribution in [0.15, 0.2) is 81.5 Å². The number of anilines is 1. The first kappa shape index (κ1) is 24.3. The number of fused-ring (bicyclic) bond motifs is 1. The van der Waals surface area contributed by atoms with Gasteiger partial charge in [0.2, 0.25) is 5.55 Å².